The Hall–Kier alpha value is -2.04. The molecule has 21 heavy (non-hydrogen) atoms. The molecule has 3 atom stereocenters. The molecule has 1 fully saturated rings. The zero-order valence-corrected chi connectivity index (χ0v) is 12.1. The van der Waals surface area contributed by atoms with Crippen LogP contribution in [0.1, 0.15) is 31.2 Å². The van der Waals surface area contributed by atoms with Crippen molar-refractivity contribution in [1.82, 2.24) is 4.90 Å². The van der Waals surface area contributed by atoms with Crippen LogP contribution < -0.4 is 5.32 Å². The van der Waals surface area contributed by atoms with Crippen LogP contribution in [0.25, 0.3) is 0 Å². The lowest BCUT2D eigenvalue weighted by Gasteiger charge is -2.37. The molecule has 0 aromatic heterocycles. The second kappa shape index (κ2) is 5.39. The molecule has 0 saturated carbocycles. The zero-order chi connectivity index (χ0) is 15.0. The Morgan fingerprint density at radius 3 is 2.81 bits per heavy atom. The van der Waals surface area contributed by atoms with Gasteiger partial charge >= 0.3 is 5.97 Å². The van der Waals surface area contributed by atoms with Gasteiger partial charge in [-0.05, 0) is 31.4 Å². The topological polar surface area (TPSA) is 69.6 Å². The highest BCUT2D eigenvalue weighted by Gasteiger charge is 2.37. The van der Waals surface area contributed by atoms with Crippen LogP contribution >= 0.6 is 0 Å². The fourth-order valence-electron chi connectivity index (χ4n) is 3.43. The number of fused-ring (bicyclic) bond motifs is 1. The van der Waals surface area contributed by atoms with Gasteiger partial charge in [-0.25, -0.2) is 0 Å². The first-order chi connectivity index (χ1) is 10.1. The minimum absolute atomic E-state index is 0.0138. The summed E-state index contributed by atoms with van der Waals surface area (Å²) in [6.45, 7) is 3.11. The van der Waals surface area contributed by atoms with Crippen LogP contribution in [0.4, 0.5) is 5.69 Å². The largest absolute Gasteiger partial charge is 0.481 e. The van der Waals surface area contributed by atoms with E-state index in [2.05, 4.69) is 5.32 Å². The molecule has 2 aliphatic rings. The van der Waals surface area contributed by atoms with Crippen LogP contribution in [0, 0.1) is 5.92 Å². The van der Waals surface area contributed by atoms with Crippen molar-refractivity contribution in [2.45, 2.75) is 31.7 Å². The van der Waals surface area contributed by atoms with E-state index in [1.165, 1.54) is 0 Å². The maximum atomic E-state index is 12.8. The number of likely N-dealkylation sites (tertiary alicyclic amines) is 1. The van der Waals surface area contributed by atoms with E-state index in [-0.39, 0.29) is 23.8 Å². The van der Waals surface area contributed by atoms with Gasteiger partial charge in [0.1, 0.15) is 0 Å². The van der Waals surface area contributed by atoms with Crippen molar-refractivity contribution >= 4 is 17.6 Å². The van der Waals surface area contributed by atoms with E-state index < -0.39 is 5.97 Å². The van der Waals surface area contributed by atoms with Crippen molar-refractivity contribution in [2.75, 3.05) is 18.4 Å². The summed E-state index contributed by atoms with van der Waals surface area (Å²) in [4.78, 5) is 25.7. The van der Waals surface area contributed by atoms with Gasteiger partial charge in [0.2, 0.25) is 5.91 Å². The number of nitrogens with one attached hydrogen (secondary N) is 1. The number of anilines is 1. The average Bonchev–Trinajstić information content (AvgIpc) is 2.90. The second-order valence-corrected chi connectivity index (χ2v) is 5.96. The lowest BCUT2D eigenvalue weighted by Crippen LogP contribution is -2.48. The highest BCUT2D eigenvalue weighted by atomic mass is 16.4. The van der Waals surface area contributed by atoms with E-state index in [0.717, 1.165) is 11.3 Å². The maximum absolute atomic E-state index is 12.8. The first-order valence-electron chi connectivity index (χ1n) is 7.44. The zero-order valence-electron chi connectivity index (χ0n) is 12.1. The SMILES string of the molecule is CC1CC(C(=O)O)CCN1C(=O)C1CNc2ccccc21. The highest BCUT2D eigenvalue weighted by molar-refractivity contribution is 5.88. The molecule has 1 aromatic rings. The quantitative estimate of drug-likeness (QED) is 0.872. The Morgan fingerprint density at radius 1 is 1.33 bits per heavy atom. The maximum Gasteiger partial charge on any atom is 0.306 e. The van der Waals surface area contributed by atoms with Crippen LogP contribution in [0.15, 0.2) is 24.3 Å². The number of aliphatic carboxylic acids is 1. The molecule has 1 amide bonds. The van der Waals surface area contributed by atoms with Crippen LogP contribution in [0.3, 0.4) is 0 Å². The van der Waals surface area contributed by atoms with E-state index >= 15 is 0 Å². The van der Waals surface area contributed by atoms with Crippen molar-refractivity contribution in [3.05, 3.63) is 29.8 Å². The number of benzene rings is 1. The number of hydrogen-bond donors (Lipinski definition) is 2. The van der Waals surface area contributed by atoms with Gasteiger partial charge in [0.15, 0.2) is 0 Å². The number of amides is 1. The molecule has 5 nitrogen and oxygen atoms in total. The number of rotatable bonds is 2. The van der Waals surface area contributed by atoms with E-state index in [4.69, 9.17) is 5.11 Å². The lowest BCUT2D eigenvalue weighted by atomic mass is 9.90. The molecule has 2 aliphatic heterocycles. The van der Waals surface area contributed by atoms with Gasteiger partial charge in [-0.15, -0.1) is 0 Å². The van der Waals surface area contributed by atoms with Gasteiger partial charge in [0, 0.05) is 24.8 Å². The normalized spacial score (nSPS) is 27.9. The Bertz CT molecular complexity index is 572. The predicted octanol–water partition coefficient (Wildman–Crippen LogP) is 1.91. The number of carboxylic acid groups (broad SMARTS) is 1. The molecular weight excluding hydrogens is 268 g/mol. The number of nitrogens with zero attached hydrogens (tertiary/aromatic N) is 1. The summed E-state index contributed by atoms with van der Waals surface area (Å²) in [6, 6.07) is 7.88. The van der Waals surface area contributed by atoms with Crippen molar-refractivity contribution < 1.29 is 14.7 Å². The molecule has 3 rings (SSSR count). The first kappa shape index (κ1) is 13.9. The number of carboxylic acids is 1. The number of para-hydroxylation sites is 1. The molecule has 0 aliphatic carbocycles. The molecular formula is C16H20N2O3. The highest BCUT2D eigenvalue weighted by Crippen LogP contribution is 2.34. The van der Waals surface area contributed by atoms with Gasteiger partial charge in [-0.3, -0.25) is 9.59 Å². The third-order valence-corrected chi connectivity index (χ3v) is 4.64. The molecule has 3 unspecified atom stereocenters. The van der Waals surface area contributed by atoms with Gasteiger partial charge in [-0.1, -0.05) is 18.2 Å². The third kappa shape index (κ3) is 2.48. The standard InChI is InChI=1S/C16H20N2O3/c1-10-8-11(16(20)21)6-7-18(10)15(19)13-9-17-14-5-3-2-4-12(13)14/h2-5,10-11,13,17H,6-9H2,1H3,(H,20,21). The fraction of sp³-hybridized carbons (Fsp3) is 0.500. The van der Waals surface area contributed by atoms with Crippen molar-refractivity contribution in [3.63, 3.8) is 0 Å². The van der Waals surface area contributed by atoms with Crippen LogP contribution in [-0.4, -0.2) is 41.0 Å². The molecule has 5 heteroatoms. The van der Waals surface area contributed by atoms with Gasteiger partial charge in [-0.2, -0.15) is 0 Å². The number of piperidine rings is 1. The Balaban J connectivity index is 1.74. The molecule has 0 radical (unpaired) electrons. The van der Waals surface area contributed by atoms with Gasteiger partial charge < -0.3 is 15.3 Å². The number of carbonyl (C=O) groups excluding carboxylic acids is 1. The summed E-state index contributed by atoms with van der Waals surface area (Å²) in [5, 5.41) is 12.4. The molecule has 112 valence electrons. The Kier molecular flexibility index (Phi) is 3.57. The minimum Gasteiger partial charge on any atom is -0.481 e. The van der Waals surface area contributed by atoms with E-state index in [1.807, 2.05) is 36.1 Å². The van der Waals surface area contributed by atoms with Crippen LogP contribution in [0.5, 0.6) is 0 Å². The van der Waals surface area contributed by atoms with Crippen LogP contribution in [-0.2, 0) is 9.59 Å². The smallest absolute Gasteiger partial charge is 0.306 e. The third-order valence-electron chi connectivity index (χ3n) is 4.64. The predicted molar refractivity (Wildman–Crippen MR) is 79.2 cm³/mol. The second-order valence-electron chi connectivity index (χ2n) is 5.96. The monoisotopic (exact) mass is 288 g/mol. The summed E-state index contributed by atoms with van der Waals surface area (Å²) in [5.74, 6) is -1.10. The summed E-state index contributed by atoms with van der Waals surface area (Å²) < 4.78 is 0. The molecule has 1 aromatic carbocycles. The van der Waals surface area contributed by atoms with Gasteiger partial charge in [0.25, 0.3) is 0 Å². The van der Waals surface area contributed by atoms with Crippen molar-refractivity contribution in [3.8, 4) is 0 Å². The van der Waals surface area contributed by atoms with Crippen molar-refractivity contribution in [2.24, 2.45) is 5.92 Å². The summed E-state index contributed by atoms with van der Waals surface area (Å²) >= 11 is 0. The Morgan fingerprint density at radius 2 is 2.10 bits per heavy atom. The van der Waals surface area contributed by atoms with Crippen LogP contribution in [0.2, 0.25) is 0 Å². The van der Waals surface area contributed by atoms with E-state index in [1.54, 1.807) is 0 Å². The Labute approximate surface area is 123 Å². The number of hydrogen-bond acceptors (Lipinski definition) is 3. The van der Waals surface area contributed by atoms with E-state index in [9.17, 15) is 9.59 Å². The summed E-state index contributed by atoms with van der Waals surface area (Å²) in [7, 11) is 0. The molecule has 0 bridgehead atoms. The molecule has 2 heterocycles. The van der Waals surface area contributed by atoms with E-state index in [0.29, 0.717) is 25.9 Å². The fourth-order valence-corrected chi connectivity index (χ4v) is 3.43. The average molecular weight is 288 g/mol. The summed E-state index contributed by atoms with van der Waals surface area (Å²) in [5.41, 5.74) is 2.08. The van der Waals surface area contributed by atoms with Crippen molar-refractivity contribution in [1.29, 1.82) is 0 Å². The molecule has 0 spiro atoms. The minimum atomic E-state index is -0.748. The lowest BCUT2D eigenvalue weighted by molar-refractivity contribution is -0.147. The number of carbonyl (C=O) groups is 2. The molecule has 1 saturated heterocycles. The van der Waals surface area contributed by atoms with Gasteiger partial charge in [0.05, 0.1) is 11.8 Å². The summed E-state index contributed by atoms with van der Waals surface area (Å²) in [6.07, 6.45) is 1.09. The first-order valence-corrected chi connectivity index (χ1v) is 7.44. The molecule has 2 N–H and O–H groups in total.